The Morgan fingerprint density at radius 3 is 2.72 bits per heavy atom. The lowest BCUT2D eigenvalue weighted by molar-refractivity contribution is 0.102. The summed E-state index contributed by atoms with van der Waals surface area (Å²) in [6.07, 6.45) is 1.65. The predicted octanol–water partition coefficient (Wildman–Crippen LogP) is 3.22. The first kappa shape index (κ1) is 12.7. The number of hydrogen-bond acceptors (Lipinski definition) is 4. The minimum Gasteiger partial charge on any atom is -0.306 e. The van der Waals surface area contributed by atoms with Crippen LogP contribution in [0.2, 0.25) is 0 Å². The van der Waals surface area contributed by atoms with Crippen molar-refractivity contribution in [1.29, 1.82) is 0 Å². The van der Waals surface area contributed by atoms with Crippen molar-refractivity contribution in [2.45, 2.75) is 26.7 Å². The second-order valence-electron chi connectivity index (χ2n) is 4.29. The molecule has 0 saturated heterocycles. The van der Waals surface area contributed by atoms with Crippen molar-refractivity contribution < 1.29 is 4.79 Å². The number of thiazole rings is 1. The van der Waals surface area contributed by atoms with Crippen LogP contribution in [0.1, 0.15) is 40.1 Å². The summed E-state index contributed by atoms with van der Waals surface area (Å²) in [6, 6.07) is 5.41. The Bertz CT molecular complexity index is 549. The van der Waals surface area contributed by atoms with E-state index < -0.39 is 0 Å². The molecule has 18 heavy (non-hydrogen) atoms. The summed E-state index contributed by atoms with van der Waals surface area (Å²) in [5.74, 6) is 0.752. The van der Waals surface area contributed by atoms with Gasteiger partial charge in [-0.1, -0.05) is 19.9 Å². The van der Waals surface area contributed by atoms with Gasteiger partial charge in [0.25, 0.3) is 5.91 Å². The van der Waals surface area contributed by atoms with Crippen molar-refractivity contribution in [3.8, 4) is 0 Å². The van der Waals surface area contributed by atoms with E-state index in [1.807, 2.05) is 19.1 Å². The Labute approximate surface area is 110 Å². The first-order valence-electron chi connectivity index (χ1n) is 5.77. The average molecular weight is 261 g/mol. The normalized spacial score (nSPS) is 10.7. The van der Waals surface area contributed by atoms with Crippen molar-refractivity contribution in [3.63, 3.8) is 0 Å². The van der Waals surface area contributed by atoms with Gasteiger partial charge in [0.1, 0.15) is 10.7 Å². The highest BCUT2D eigenvalue weighted by atomic mass is 32.1. The first-order chi connectivity index (χ1) is 8.58. The maximum atomic E-state index is 12.1. The van der Waals surface area contributed by atoms with Crippen LogP contribution in [0.5, 0.6) is 0 Å². The fraction of sp³-hybridized carbons (Fsp3) is 0.308. The monoisotopic (exact) mass is 261 g/mol. The van der Waals surface area contributed by atoms with Crippen LogP contribution in [0.4, 0.5) is 5.82 Å². The molecule has 94 valence electrons. The molecule has 0 atom stereocenters. The number of hydrogen-bond donors (Lipinski definition) is 1. The van der Waals surface area contributed by atoms with Gasteiger partial charge in [0, 0.05) is 12.1 Å². The lowest BCUT2D eigenvalue weighted by Crippen LogP contribution is -2.12. The SMILES string of the molecule is Cc1nc(C(C)C)sc1C(=O)Nc1ccccn1. The summed E-state index contributed by atoms with van der Waals surface area (Å²) in [5, 5.41) is 3.76. The van der Waals surface area contributed by atoms with E-state index in [9.17, 15) is 4.79 Å². The minimum atomic E-state index is -0.143. The van der Waals surface area contributed by atoms with Gasteiger partial charge in [0.15, 0.2) is 0 Å². The number of anilines is 1. The molecule has 0 aliphatic rings. The van der Waals surface area contributed by atoms with Crippen molar-refractivity contribution in [2.75, 3.05) is 5.32 Å². The molecule has 4 nitrogen and oxygen atoms in total. The van der Waals surface area contributed by atoms with E-state index in [-0.39, 0.29) is 5.91 Å². The van der Waals surface area contributed by atoms with Gasteiger partial charge in [0.05, 0.1) is 10.7 Å². The predicted molar refractivity (Wildman–Crippen MR) is 73.1 cm³/mol. The zero-order valence-corrected chi connectivity index (χ0v) is 11.4. The number of carbonyl (C=O) groups excluding carboxylic acids is 1. The van der Waals surface area contributed by atoms with E-state index in [1.54, 1.807) is 12.3 Å². The van der Waals surface area contributed by atoms with E-state index in [4.69, 9.17) is 0 Å². The molecule has 0 fully saturated rings. The van der Waals surface area contributed by atoms with Crippen molar-refractivity contribution >= 4 is 23.1 Å². The maximum Gasteiger partial charge on any atom is 0.268 e. The first-order valence-corrected chi connectivity index (χ1v) is 6.59. The minimum absolute atomic E-state index is 0.143. The Kier molecular flexibility index (Phi) is 3.72. The number of aryl methyl sites for hydroxylation is 1. The van der Waals surface area contributed by atoms with Crippen LogP contribution >= 0.6 is 11.3 Å². The number of carbonyl (C=O) groups is 1. The van der Waals surface area contributed by atoms with E-state index in [2.05, 4.69) is 29.1 Å². The second kappa shape index (κ2) is 5.27. The molecule has 1 N–H and O–H groups in total. The lowest BCUT2D eigenvalue weighted by Gasteiger charge is -2.01. The van der Waals surface area contributed by atoms with Gasteiger partial charge in [-0.3, -0.25) is 4.79 Å². The quantitative estimate of drug-likeness (QED) is 0.923. The van der Waals surface area contributed by atoms with Gasteiger partial charge >= 0.3 is 0 Å². The molecule has 2 aromatic heterocycles. The Morgan fingerprint density at radius 2 is 2.17 bits per heavy atom. The van der Waals surface area contributed by atoms with Gasteiger partial charge < -0.3 is 5.32 Å². The highest BCUT2D eigenvalue weighted by molar-refractivity contribution is 7.14. The van der Waals surface area contributed by atoms with Crippen LogP contribution in [0.15, 0.2) is 24.4 Å². The van der Waals surface area contributed by atoms with E-state index in [1.165, 1.54) is 11.3 Å². The Balaban J connectivity index is 2.19. The molecule has 2 rings (SSSR count). The molecular weight excluding hydrogens is 246 g/mol. The molecular formula is C13H15N3OS. The van der Waals surface area contributed by atoms with E-state index in [0.717, 1.165) is 10.7 Å². The number of nitrogens with zero attached hydrogens (tertiary/aromatic N) is 2. The fourth-order valence-corrected chi connectivity index (χ4v) is 2.45. The van der Waals surface area contributed by atoms with Gasteiger partial charge in [-0.15, -0.1) is 11.3 Å². The van der Waals surface area contributed by atoms with Crippen molar-refractivity contribution in [3.05, 3.63) is 40.0 Å². The van der Waals surface area contributed by atoms with Crippen molar-refractivity contribution in [1.82, 2.24) is 9.97 Å². The Hall–Kier alpha value is -1.75. The molecule has 0 spiro atoms. The largest absolute Gasteiger partial charge is 0.306 e. The molecule has 0 radical (unpaired) electrons. The zero-order chi connectivity index (χ0) is 13.1. The molecule has 0 saturated carbocycles. The smallest absolute Gasteiger partial charge is 0.268 e. The van der Waals surface area contributed by atoms with Crippen LogP contribution in [-0.2, 0) is 0 Å². The maximum absolute atomic E-state index is 12.1. The average Bonchev–Trinajstić information content (AvgIpc) is 2.73. The highest BCUT2D eigenvalue weighted by Crippen LogP contribution is 2.25. The van der Waals surface area contributed by atoms with Gasteiger partial charge in [-0.25, -0.2) is 9.97 Å². The number of amides is 1. The second-order valence-corrected chi connectivity index (χ2v) is 5.32. The van der Waals surface area contributed by atoms with Gasteiger partial charge in [0.2, 0.25) is 0 Å². The summed E-state index contributed by atoms with van der Waals surface area (Å²) in [7, 11) is 0. The molecule has 0 unspecified atom stereocenters. The number of aromatic nitrogens is 2. The Morgan fingerprint density at radius 1 is 1.39 bits per heavy atom. The van der Waals surface area contributed by atoms with Gasteiger partial charge in [-0.2, -0.15) is 0 Å². The topological polar surface area (TPSA) is 54.9 Å². The van der Waals surface area contributed by atoms with Crippen LogP contribution < -0.4 is 5.32 Å². The molecule has 0 aromatic carbocycles. The molecule has 1 amide bonds. The molecule has 0 aliphatic carbocycles. The van der Waals surface area contributed by atoms with Crippen LogP contribution in [0.3, 0.4) is 0 Å². The standard InChI is InChI=1S/C13H15N3OS/c1-8(2)13-15-9(3)11(18-13)12(17)16-10-6-4-5-7-14-10/h4-8H,1-3H3,(H,14,16,17). The number of rotatable bonds is 3. The summed E-state index contributed by atoms with van der Waals surface area (Å²) >= 11 is 1.44. The third kappa shape index (κ3) is 2.73. The van der Waals surface area contributed by atoms with E-state index >= 15 is 0 Å². The van der Waals surface area contributed by atoms with Gasteiger partial charge in [-0.05, 0) is 19.1 Å². The number of nitrogens with one attached hydrogen (secondary N) is 1. The highest BCUT2D eigenvalue weighted by Gasteiger charge is 2.17. The van der Waals surface area contributed by atoms with Crippen LogP contribution in [-0.4, -0.2) is 15.9 Å². The zero-order valence-electron chi connectivity index (χ0n) is 10.6. The summed E-state index contributed by atoms with van der Waals surface area (Å²) in [5.41, 5.74) is 0.775. The fourth-order valence-electron chi connectivity index (χ4n) is 1.48. The van der Waals surface area contributed by atoms with Crippen LogP contribution in [0, 0.1) is 6.92 Å². The molecule has 2 heterocycles. The molecule has 0 bridgehead atoms. The lowest BCUT2D eigenvalue weighted by atomic mass is 10.2. The molecule has 5 heteroatoms. The van der Waals surface area contributed by atoms with Crippen LogP contribution in [0.25, 0.3) is 0 Å². The molecule has 2 aromatic rings. The summed E-state index contributed by atoms with van der Waals surface area (Å²) < 4.78 is 0. The number of pyridine rings is 1. The van der Waals surface area contributed by atoms with E-state index in [0.29, 0.717) is 16.6 Å². The molecule has 0 aliphatic heterocycles. The third-order valence-corrected chi connectivity index (χ3v) is 3.88. The van der Waals surface area contributed by atoms with Crippen molar-refractivity contribution in [2.24, 2.45) is 0 Å². The summed E-state index contributed by atoms with van der Waals surface area (Å²) in [4.78, 5) is 21.2. The summed E-state index contributed by atoms with van der Waals surface area (Å²) in [6.45, 7) is 5.99. The third-order valence-electron chi connectivity index (χ3n) is 2.42.